The van der Waals surface area contributed by atoms with Gasteiger partial charge in [0, 0.05) is 49.6 Å². The van der Waals surface area contributed by atoms with Crippen molar-refractivity contribution >= 4 is 39.0 Å². The van der Waals surface area contributed by atoms with Crippen LogP contribution in [0.25, 0.3) is 0 Å². The van der Waals surface area contributed by atoms with Crippen LogP contribution in [0.5, 0.6) is 5.75 Å². The van der Waals surface area contributed by atoms with Crippen LogP contribution in [-0.2, 0) is 38.8 Å². The van der Waals surface area contributed by atoms with Crippen molar-refractivity contribution in [3.63, 3.8) is 0 Å². The summed E-state index contributed by atoms with van der Waals surface area (Å²) in [7, 11) is -1.68. The first kappa shape index (κ1) is 35.0. The zero-order valence-electron chi connectivity index (χ0n) is 27.9. The molecule has 2 amide bonds. The minimum absolute atomic E-state index is 0.0342. The van der Waals surface area contributed by atoms with Crippen molar-refractivity contribution in [3.8, 4) is 5.75 Å². The number of aryl methyl sites for hydroxylation is 2. The van der Waals surface area contributed by atoms with E-state index < -0.39 is 21.7 Å². The molecule has 0 unspecified atom stereocenters. The first-order chi connectivity index (χ1) is 23.8. The molecule has 1 saturated carbocycles. The third-order valence-electron chi connectivity index (χ3n) is 9.68. The van der Waals surface area contributed by atoms with Crippen molar-refractivity contribution in [1.29, 1.82) is 0 Å². The summed E-state index contributed by atoms with van der Waals surface area (Å²) in [5, 5.41) is 0.714. The van der Waals surface area contributed by atoms with Crippen LogP contribution in [0.2, 0.25) is 5.02 Å². The highest BCUT2D eigenvalue weighted by molar-refractivity contribution is 7.92. The standard InChI is InChI=1S/C37H44ClN5O5S/c1-47-34-8-3-2-6-18-49(46,41-36(44)16-9-26-21-39-25-40-22-26)42-37(45)28-12-15-35-33(20-28)43(24-30-11-14-32(30)34)23-29-10-13-31(38)19-27(29)7-4-5-17-48-35/h3,8,10,12-13,15,19-22,25,30,32,34H,2,4-7,9,11,14,16-18,23-24H2,1H3,(H,41,42,44,45,46)/b8-3+/t30-,32+,34-,49+/m0/s1. The fourth-order valence-corrected chi connectivity index (χ4v) is 8.69. The van der Waals surface area contributed by atoms with E-state index in [0.717, 1.165) is 49.9 Å². The number of methoxy groups -OCH3 is 1. The zero-order chi connectivity index (χ0) is 34.2. The molecule has 2 bridgehead atoms. The summed E-state index contributed by atoms with van der Waals surface area (Å²) in [6, 6.07) is 11.4. The molecule has 12 heteroatoms. The van der Waals surface area contributed by atoms with Crippen LogP contribution in [0, 0.1) is 11.8 Å². The monoisotopic (exact) mass is 705 g/mol. The Morgan fingerprint density at radius 3 is 2.76 bits per heavy atom. The maximum Gasteiger partial charge on any atom is 0.286 e. The Labute approximate surface area is 294 Å². The third-order valence-corrected chi connectivity index (χ3v) is 11.8. The number of hydrogen-bond donors (Lipinski definition) is 1. The average Bonchev–Trinajstić information content (AvgIpc) is 3.11. The lowest BCUT2D eigenvalue weighted by Crippen LogP contribution is -2.43. The molecule has 2 aromatic carbocycles. The highest BCUT2D eigenvalue weighted by Crippen LogP contribution is 2.42. The van der Waals surface area contributed by atoms with Crippen LogP contribution in [0.1, 0.15) is 72.0 Å². The summed E-state index contributed by atoms with van der Waals surface area (Å²) in [4.78, 5) is 37.1. The molecule has 3 aliphatic rings. The first-order valence-electron chi connectivity index (χ1n) is 17.1. The van der Waals surface area contributed by atoms with Gasteiger partial charge in [0.2, 0.25) is 5.91 Å². The third kappa shape index (κ3) is 9.06. The first-order valence-corrected chi connectivity index (χ1v) is 19.2. The number of anilines is 1. The van der Waals surface area contributed by atoms with Crippen LogP contribution in [0.15, 0.2) is 71.6 Å². The van der Waals surface area contributed by atoms with E-state index in [2.05, 4.69) is 48.2 Å². The van der Waals surface area contributed by atoms with Crippen molar-refractivity contribution in [2.24, 2.45) is 16.2 Å². The Balaban J connectivity index is 1.38. The van der Waals surface area contributed by atoms with Gasteiger partial charge in [-0.25, -0.2) is 14.2 Å². The van der Waals surface area contributed by atoms with Crippen molar-refractivity contribution in [2.45, 2.75) is 70.4 Å². The second-order valence-corrected chi connectivity index (χ2v) is 15.6. The SMILES string of the molecule is CO[C@H]1/C=C/CCC[S@@](=O)(NC(=O)CCc2cncnc2)=NC(=O)c2ccc3c(c2)N(Cc2ccc(Cl)cc2CCCCO3)C[C@@H]2CC[C@H]21. The summed E-state index contributed by atoms with van der Waals surface area (Å²) < 4.78 is 33.4. The van der Waals surface area contributed by atoms with Crippen molar-refractivity contribution in [2.75, 3.05) is 30.9 Å². The van der Waals surface area contributed by atoms with E-state index in [4.69, 9.17) is 21.1 Å². The molecule has 49 heavy (non-hydrogen) atoms. The number of rotatable bonds is 5. The number of halogens is 1. The number of carbonyl (C=O) groups excluding carboxylic acids is 2. The summed E-state index contributed by atoms with van der Waals surface area (Å²) in [5.74, 6) is 0.330. The van der Waals surface area contributed by atoms with Gasteiger partial charge in [-0.05, 0) is 110 Å². The molecule has 1 fully saturated rings. The average molecular weight is 706 g/mol. The number of aromatic nitrogens is 2. The minimum Gasteiger partial charge on any atom is -0.491 e. The van der Waals surface area contributed by atoms with Gasteiger partial charge in [-0.15, -0.1) is 4.36 Å². The zero-order valence-corrected chi connectivity index (χ0v) is 29.5. The largest absolute Gasteiger partial charge is 0.491 e. The minimum atomic E-state index is -3.43. The number of allylic oxidation sites excluding steroid dienone is 1. The maximum atomic E-state index is 14.2. The van der Waals surface area contributed by atoms with Gasteiger partial charge in [-0.1, -0.05) is 29.8 Å². The number of carbonyl (C=O) groups is 2. The molecular weight excluding hydrogens is 662 g/mol. The van der Waals surface area contributed by atoms with Gasteiger partial charge in [0.1, 0.15) is 22.0 Å². The molecule has 260 valence electrons. The van der Waals surface area contributed by atoms with Gasteiger partial charge in [0.25, 0.3) is 5.91 Å². The Bertz CT molecular complexity index is 1790. The Morgan fingerprint density at radius 1 is 1.10 bits per heavy atom. The molecule has 1 N–H and O–H groups in total. The molecule has 2 aliphatic heterocycles. The Morgan fingerprint density at radius 2 is 1.96 bits per heavy atom. The number of amides is 2. The van der Waals surface area contributed by atoms with E-state index in [1.807, 2.05) is 12.1 Å². The molecule has 10 nitrogen and oxygen atoms in total. The Hall–Kier alpha value is -3.80. The van der Waals surface area contributed by atoms with E-state index in [1.54, 1.807) is 31.6 Å². The highest BCUT2D eigenvalue weighted by Gasteiger charge is 2.38. The lowest BCUT2D eigenvalue weighted by molar-refractivity contribution is -0.119. The molecule has 0 saturated heterocycles. The molecule has 0 spiro atoms. The molecule has 3 heterocycles. The van der Waals surface area contributed by atoms with Crippen molar-refractivity contribution < 1.29 is 23.3 Å². The van der Waals surface area contributed by atoms with Crippen LogP contribution in [-0.4, -0.2) is 58.1 Å². The van der Waals surface area contributed by atoms with E-state index in [1.165, 1.54) is 17.5 Å². The molecule has 1 aromatic heterocycles. The molecule has 6 rings (SSSR count). The summed E-state index contributed by atoms with van der Waals surface area (Å²) in [6.45, 7) is 1.88. The van der Waals surface area contributed by atoms with E-state index in [0.29, 0.717) is 55.0 Å². The normalized spacial score (nSPS) is 25.2. The Kier molecular flexibility index (Phi) is 11.6. The van der Waals surface area contributed by atoms with Crippen LogP contribution >= 0.6 is 11.6 Å². The number of hydrogen-bond acceptors (Lipinski definition) is 8. The van der Waals surface area contributed by atoms with Gasteiger partial charge in [-0.3, -0.25) is 14.3 Å². The van der Waals surface area contributed by atoms with Crippen LogP contribution < -0.4 is 14.4 Å². The molecule has 3 aromatic rings. The maximum absolute atomic E-state index is 14.2. The van der Waals surface area contributed by atoms with Gasteiger partial charge >= 0.3 is 0 Å². The second-order valence-electron chi connectivity index (χ2n) is 13.1. The van der Waals surface area contributed by atoms with Crippen molar-refractivity contribution in [3.05, 3.63) is 94.5 Å². The van der Waals surface area contributed by atoms with E-state index >= 15 is 0 Å². The number of benzene rings is 2. The number of fused-ring (bicyclic) bond motifs is 3. The number of nitrogens with zero attached hydrogens (tertiary/aromatic N) is 4. The highest BCUT2D eigenvalue weighted by atomic mass is 35.5. The summed E-state index contributed by atoms with van der Waals surface area (Å²) in [5.41, 5.74) is 4.24. The topological polar surface area (TPSA) is 123 Å². The lowest BCUT2D eigenvalue weighted by atomic mass is 9.70. The van der Waals surface area contributed by atoms with Crippen LogP contribution in [0.3, 0.4) is 0 Å². The number of ether oxygens (including phenoxy) is 2. The summed E-state index contributed by atoms with van der Waals surface area (Å²) in [6.07, 6.45) is 15.2. The fraction of sp³-hybridized carbons (Fsp3) is 0.459. The fourth-order valence-electron chi connectivity index (χ4n) is 6.87. The smallest absolute Gasteiger partial charge is 0.286 e. The molecule has 1 aliphatic carbocycles. The van der Waals surface area contributed by atoms with Gasteiger partial charge in [-0.2, -0.15) is 0 Å². The predicted octanol–water partition coefficient (Wildman–Crippen LogP) is 6.52. The lowest BCUT2D eigenvalue weighted by Gasteiger charge is -2.43. The van der Waals surface area contributed by atoms with Crippen molar-refractivity contribution in [1.82, 2.24) is 14.7 Å². The molecular formula is C37H44ClN5O5S. The quantitative estimate of drug-likeness (QED) is 0.298. The van der Waals surface area contributed by atoms with Gasteiger partial charge < -0.3 is 14.4 Å². The van der Waals surface area contributed by atoms with Crippen LogP contribution in [0.4, 0.5) is 5.69 Å². The van der Waals surface area contributed by atoms with Gasteiger partial charge in [0.05, 0.1) is 24.2 Å². The van der Waals surface area contributed by atoms with E-state index in [-0.39, 0.29) is 23.8 Å². The van der Waals surface area contributed by atoms with E-state index in [9.17, 15) is 13.8 Å². The second kappa shape index (κ2) is 16.3. The molecule has 4 atom stereocenters. The summed E-state index contributed by atoms with van der Waals surface area (Å²) >= 11 is 6.45. The number of nitrogens with one attached hydrogen (secondary N) is 1. The molecule has 0 radical (unpaired) electrons. The van der Waals surface area contributed by atoms with Gasteiger partial charge in [0.15, 0.2) is 0 Å². The predicted molar refractivity (Wildman–Crippen MR) is 191 cm³/mol.